The molecule has 18 heavy (non-hydrogen) atoms. The lowest BCUT2D eigenvalue weighted by Gasteiger charge is -2.33. The van der Waals surface area contributed by atoms with E-state index in [1.807, 2.05) is 0 Å². The number of piperazine rings is 1. The van der Waals surface area contributed by atoms with Crippen molar-refractivity contribution in [1.82, 2.24) is 14.5 Å². The Hall–Kier alpha value is -0.700. The van der Waals surface area contributed by atoms with Crippen LogP contribution in [0.4, 0.5) is 0 Å². The molecule has 2 N–H and O–H groups in total. The van der Waals surface area contributed by atoms with Gasteiger partial charge in [-0.1, -0.05) is 0 Å². The van der Waals surface area contributed by atoms with Crippen LogP contribution >= 0.6 is 0 Å². The number of carboxylic acids is 1. The summed E-state index contributed by atoms with van der Waals surface area (Å²) in [5.41, 5.74) is 0. The van der Waals surface area contributed by atoms with E-state index in [2.05, 4.69) is 10.2 Å². The second-order valence-corrected chi connectivity index (χ2v) is 6.45. The van der Waals surface area contributed by atoms with Crippen LogP contribution in [0.3, 0.4) is 0 Å². The van der Waals surface area contributed by atoms with E-state index in [9.17, 15) is 13.2 Å². The number of rotatable bonds is 6. The van der Waals surface area contributed by atoms with Gasteiger partial charge in [-0.25, -0.2) is 8.42 Å². The van der Waals surface area contributed by atoms with Gasteiger partial charge >= 0.3 is 5.97 Å². The van der Waals surface area contributed by atoms with Gasteiger partial charge in [-0.3, -0.25) is 4.79 Å². The molecular formula is C10H21N3O4S. The number of nitrogens with one attached hydrogen (secondary N) is 1. The SMILES string of the molecule is CNC(CCN1CCN(S(C)(=O)=O)CC1)C(=O)O. The highest BCUT2D eigenvalue weighted by molar-refractivity contribution is 7.88. The zero-order valence-electron chi connectivity index (χ0n) is 10.8. The number of likely N-dealkylation sites (N-methyl/N-ethyl adjacent to an activating group) is 1. The monoisotopic (exact) mass is 279 g/mol. The van der Waals surface area contributed by atoms with E-state index in [0.717, 1.165) is 0 Å². The highest BCUT2D eigenvalue weighted by atomic mass is 32.2. The molecule has 1 saturated heterocycles. The molecule has 0 bridgehead atoms. The summed E-state index contributed by atoms with van der Waals surface area (Å²) in [6, 6.07) is -0.544. The van der Waals surface area contributed by atoms with Crippen LogP contribution in [0, 0.1) is 0 Å². The molecule has 0 radical (unpaired) electrons. The van der Waals surface area contributed by atoms with Crippen LogP contribution in [0.1, 0.15) is 6.42 Å². The zero-order valence-corrected chi connectivity index (χ0v) is 11.6. The highest BCUT2D eigenvalue weighted by Crippen LogP contribution is 2.07. The highest BCUT2D eigenvalue weighted by Gasteiger charge is 2.24. The zero-order chi connectivity index (χ0) is 13.8. The lowest BCUT2D eigenvalue weighted by molar-refractivity contribution is -0.139. The molecule has 0 aromatic carbocycles. The van der Waals surface area contributed by atoms with E-state index in [-0.39, 0.29) is 0 Å². The van der Waals surface area contributed by atoms with Crippen LogP contribution in [0.25, 0.3) is 0 Å². The standard InChI is InChI=1S/C10H21N3O4S/c1-11-9(10(14)15)3-4-12-5-7-13(8-6-12)18(2,16)17/h9,11H,3-8H2,1-2H3,(H,14,15). The Morgan fingerprint density at radius 2 is 1.89 bits per heavy atom. The Kier molecular flexibility index (Phi) is 5.51. The number of carboxylic acid groups (broad SMARTS) is 1. The van der Waals surface area contributed by atoms with Crippen molar-refractivity contribution >= 4 is 16.0 Å². The Labute approximate surface area is 108 Å². The Morgan fingerprint density at radius 3 is 2.28 bits per heavy atom. The summed E-state index contributed by atoms with van der Waals surface area (Å²) < 4.78 is 24.1. The smallest absolute Gasteiger partial charge is 0.320 e. The van der Waals surface area contributed by atoms with Crippen molar-refractivity contribution in [2.24, 2.45) is 0 Å². The first-order valence-electron chi connectivity index (χ1n) is 5.92. The quantitative estimate of drug-likeness (QED) is 0.623. The minimum atomic E-state index is -3.10. The Morgan fingerprint density at radius 1 is 1.33 bits per heavy atom. The molecule has 1 aliphatic heterocycles. The topological polar surface area (TPSA) is 90.0 Å². The molecule has 1 heterocycles. The van der Waals surface area contributed by atoms with Crippen LogP contribution in [0.5, 0.6) is 0 Å². The third-order valence-electron chi connectivity index (χ3n) is 3.18. The van der Waals surface area contributed by atoms with Crippen molar-refractivity contribution in [3.8, 4) is 0 Å². The maximum atomic E-state index is 11.3. The second kappa shape index (κ2) is 6.46. The average Bonchev–Trinajstić information content (AvgIpc) is 2.29. The largest absolute Gasteiger partial charge is 0.480 e. The van der Waals surface area contributed by atoms with E-state index in [1.165, 1.54) is 10.6 Å². The third kappa shape index (κ3) is 4.52. The molecule has 0 spiro atoms. The molecule has 0 saturated carbocycles. The number of hydrogen-bond acceptors (Lipinski definition) is 5. The van der Waals surface area contributed by atoms with Gasteiger partial charge in [0.2, 0.25) is 10.0 Å². The third-order valence-corrected chi connectivity index (χ3v) is 4.48. The van der Waals surface area contributed by atoms with Crippen LogP contribution in [-0.4, -0.2) is 80.8 Å². The first kappa shape index (κ1) is 15.4. The fourth-order valence-electron chi connectivity index (χ4n) is 1.99. The molecule has 7 nitrogen and oxygen atoms in total. The minimum Gasteiger partial charge on any atom is -0.480 e. The second-order valence-electron chi connectivity index (χ2n) is 4.47. The summed E-state index contributed by atoms with van der Waals surface area (Å²) >= 11 is 0. The number of nitrogens with zero attached hydrogens (tertiary/aromatic N) is 2. The van der Waals surface area contributed by atoms with Crippen LogP contribution in [0.15, 0.2) is 0 Å². The van der Waals surface area contributed by atoms with Crippen LogP contribution < -0.4 is 5.32 Å². The molecule has 1 fully saturated rings. The fourth-order valence-corrected chi connectivity index (χ4v) is 2.81. The summed E-state index contributed by atoms with van der Waals surface area (Å²) in [7, 11) is -1.47. The van der Waals surface area contributed by atoms with Gasteiger partial charge < -0.3 is 15.3 Å². The van der Waals surface area contributed by atoms with Crippen molar-refractivity contribution < 1.29 is 18.3 Å². The molecule has 0 aliphatic carbocycles. The predicted molar refractivity (Wildman–Crippen MR) is 68.0 cm³/mol. The molecule has 0 aromatic heterocycles. The first-order chi connectivity index (χ1) is 8.34. The van der Waals surface area contributed by atoms with Crippen molar-refractivity contribution in [3.05, 3.63) is 0 Å². The van der Waals surface area contributed by atoms with Crippen LogP contribution in [0.2, 0.25) is 0 Å². The maximum Gasteiger partial charge on any atom is 0.320 e. The molecular weight excluding hydrogens is 258 g/mol. The number of aliphatic carboxylic acids is 1. The molecule has 106 valence electrons. The summed E-state index contributed by atoms with van der Waals surface area (Å²) in [5, 5.41) is 11.6. The summed E-state index contributed by atoms with van der Waals surface area (Å²) in [6.07, 6.45) is 1.73. The van der Waals surface area contributed by atoms with Gasteiger partial charge in [-0.05, 0) is 13.5 Å². The van der Waals surface area contributed by atoms with Crippen LogP contribution in [-0.2, 0) is 14.8 Å². The predicted octanol–water partition coefficient (Wildman–Crippen LogP) is -1.37. The van der Waals surface area contributed by atoms with Crippen molar-refractivity contribution in [1.29, 1.82) is 0 Å². The van der Waals surface area contributed by atoms with E-state index in [4.69, 9.17) is 5.11 Å². The number of carbonyl (C=O) groups is 1. The van der Waals surface area contributed by atoms with Gasteiger partial charge in [-0.2, -0.15) is 4.31 Å². The Bertz CT molecular complexity index is 377. The molecule has 1 rings (SSSR count). The molecule has 1 unspecified atom stereocenters. The van der Waals surface area contributed by atoms with E-state index in [0.29, 0.717) is 39.1 Å². The lowest BCUT2D eigenvalue weighted by atomic mass is 10.2. The Balaban J connectivity index is 2.34. The fraction of sp³-hybridized carbons (Fsp3) is 0.900. The van der Waals surface area contributed by atoms with Crippen molar-refractivity contribution in [2.45, 2.75) is 12.5 Å². The van der Waals surface area contributed by atoms with E-state index >= 15 is 0 Å². The van der Waals surface area contributed by atoms with Gasteiger partial charge in [0.25, 0.3) is 0 Å². The normalized spacial score (nSPS) is 20.8. The van der Waals surface area contributed by atoms with Gasteiger partial charge in [0.1, 0.15) is 6.04 Å². The summed E-state index contributed by atoms with van der Waals surface area (Å²) in [6.45, 7) is 2.94. The van der Waals surface area contributed by atoms with Crippen molar-refractivity contribution in [3.63, 3.8) is 0 Å². The molecule has 0 amide bonds. The maximum absolute atomic E-state index is 11.3. The first-order valence-corrected chi connectivity index (χ1v) is 7.77. The van der Waals surface area contributed by atoms with E-state index in [1.54, 1.807) is 7.05 Å². The average molecular weight is 279 g/mol. The molecule has 1 aliphatic rings. The summed E-state index contributed by atoms with van der Waals surface area (Å²) in [5.74, 6) is -0.854. The molecule has 8 heteroatoms. The minimum absolute atomic E-state index is 0.482. The van der Waals surface area contributed by atoms with Crippen molar-refractivity contribution in [2.75, 3.05) is 46.0 Å². The van der Waals surface area contributed by atoms with E-state index < -0.39 is 22.0 Å². The van der Waals surface area contributed by atoms with Gasteiger partial charge in [-0.15, -0.1) is 0 Å². The number of hydrogen-bond donors (Lipinski definition) is 2. The van der Waals surface area contributed by atoms with Gasteiger partial charge in [0, 0.05) is 32.7 Å². The van der Waals surface area contributed by atoms with Gasteiger partial charge in [0.05, 0.1) is 6.26 Å². The lowest BCUT2D eigenvalue weighted by Crippen LogP contribution is -2.49. The number of sulfonamides is 1. The summed E-state index contributed by atoms with van der Waals surface area (Å²) in [4.78, 5) is 12.9. The molecule has 0 aromatic rings. The van der Waals surface area contributed by atoms with Gasteiger partial charge in [0.15, 0.2) is 0 Å². The molecule has 1 atom stereocenters.